The number of hydrogen-bond donors (Lipinski definition) is 0. The third-order valence-corrected chi connectivity index (χ3v) is 4.30. The molecule has 0 spiro atoms. The highest BCUT2D eigenvalue weighted by Gasteiger charge is 2.13. The Labute approximate surface area is 122 Å². The van der Waals surface area contributed by atoms with E-state index in [0.717, 1.165) is 26.3 Å². The van der Waals surface area contributed by atoms with Crippen molar-refractivity contribution in [2.45, 2.75) is 6.92 Å². The second-order valence-corrected chi connectivity index (χ2v) is 5.72. The molecule has 1 aromatic carbocycles. The molecule has 0 aliphatic heterocycles. The molecule has 0 saturated carbocycles. The van der Waals surface area contributed by atoms with Crippen LogP contribution in [0.15, 0.2) is 30.3 Å². The van der Waals surface area contributed by atoms with Crippen LogP contribution in [0.4, 0.5) is 0 Å². The Hall–Kier alpha value is -2.05. The van der Waals surface area contributed by atoms with Crippen LogP contribution in [-0.4, -0.2) is 25.0 Å². The molecule has 3 heterocycles. The van der Waals surface area contributed by atoms with E-state index in [1.807, 2.05) is 37.3 Å². The van der Waals surface area contributed by atoms with Crippen LogP contribution < -0.4 is 0 Å². The normalized spacial score (nSPS) is 11.5. The van der Waals surface area contributed by atoms with E-state index in [9.17, 15) is 0 Å². The van der Waals surface area contributed by atoms with Gasteiger partial charge in [0.25, 0.3) is 0 Å². The molecule has 0 aliphatic rings. The SMILES string of the molecule is Cc1nc(Cl)c2cc(-n3nnc4ccccc43)sc2n1. The smallest absolute Gasteiger partial charge is 0.141 e. The maximum absolute atomic E-state index is 6.17. The number of thiophene rings is 1. The Kier molecular flexibility index (Phi) is 2.48. The number of rotatable bonds is 1. The molecule has 20 heavy (non-hydrogen) atoms. The standard InChI is InChI=1S/C13H8ClN5S/c1-7-15-12(14)8-6-11(20-13(8)16-7)19-10-5-3-2-4-9(10)17-18-19/h2-6H,1H3. The van der Waals surface area contributed by atoms with Gasteiger partial charge in [-0.25, -0.2) is 14.6 Å². The molecule has 0 radical (unpaired) electrons. The third kappa shape index (κ3) is 1.69. The summed E-state index contributed by atoms with van der Waals surface area (Å²) in [6.45, 7) is 1.83. The number of aryl methyl sites for hydroxylation is 1. The summed E-state index contributed by atoms with van der Waals surface area (Å²) in [4.78, 5) is 9.44. The minimum atomic E-state index is 0.472. The van der Waals surface area contributed by atoms with E-state index >= 15 is 0 Å². The fraction of sp³-hybridized carbons (Fsp3) is 0.0769. The molecule has 0 atom stereocenters. The molecule has 7 heteroatoms. The number of fused-ring (bicyclic) bond motifs is 2. The molecule has 0 amide bonds. The van der Waals surface area contributed by atoms with Gasteiger partial charge < -0.3 is 0 Å². The van der Waals surface area contributed by atoms with Crippen molar-refractivity contribution in [3.8, 4) is 5.00 Å². The maximum atomic E-state index is 6.17. The lowest BCUT2D eigenvalue weighted by molar-refractivity contribution is 0.836. The highest BCUT2D eigenvalue weighted by molar-refractivity contribution is 7.21. The summed E-state index contributed by atoms with van der Waals surface area (Å²) in [5.41, 5.74) is 1.82. The van der Waals surface area contributed by atoms with Crippen LogP contribution in [0.5, 0.6) is 0 Å². The molecular formula is C13H8ClN5S. The summed E-state index contributed by atoms with van der Waals surface area (Å²) < 4.78 is 1.80. The molecule has 0 fully saturated rings. The summed E-state index contributed by atoms with van der Waals surface area (Å²) in [7, 11) is 0. The molecule has 0 bridgehead atoms. The van der Waals surface area contributed by atoms with Crippen molar-refractivity contribution in [2.24, 2.45) is 0 Å². The molecule has 0 unspecified atom stereocenters. The zero-order valence-corrected chi connectivity index (χ0v) is 12.0. The molecule has 4 rings (SSSR count). The number of nitrogens with zero attached hydrogens (tertiary/aromatic N) is 5. The first-order valence-corrected chi connectivity index (χ1v) is 7.16. The molecule has 0 aliphatic carbocycles. The minimum absolute atomic E-state index is 0.472. The van der Waals surface area contributed by atoms with Crippen molar-refractivity contribution >= 4 is 44.2 Å². The fourth-order valence-corrected chi connectivity index (χ4v) is 3.47. The lowest BCUT2D eigenvalue weighted by atomic mass is 10.3. The van der Waals surface area contributed by atoms with Gasteiger partial charge >= 0.3 is 0 Å². The Balaban J connectivity index is 2.01. The average Bonchev–Trinajstić information content (AvgIpc) is 3.01. The number of halogens is 1. The van der Waals surface area contributed by atoms with Crippen molar-refractivity contribution in [3.63, 3.8) is 0 Å². The van der Waals surface area contributed by atoms with Gasteiger partial charge in [0.2, 0.25) is 0 Å². The zero-order chi connectivity index (χ0) is 13.7. The van der Waals surface area contributed by atoms with Crippen molar-refractivity contribution in [2.75, 3.05) is 0 Å². The van der Waals surface area contributed by atoms with E-state index in [1.54, 1.807) is 4.68 Å². The molecule has 0 N–H and O–H groups in total. The number of benzene rings is 1. The first-order valence-electron chi connectivity index (χ1n) is 5.97. The lowest BCUT2D eigenvalue weighted by Crippen LogP contribution is -1.92. The Morgan fingerprint density at radius 2 is 2.05 bits per heavy atom. The Bertz CT molecular complexity index is 942. The van der Waals surface area contributed by atoms with Crippen molar-refractivity contribution in [3.05, 3.63) is 41.3 Å². The predicted octanol–water partition coefficient (Wildman–Crippen LogP) is 3.39. The van der Waals surface area contributed by atoms with Crippen LogP contribution >= 0.6 is 22.9 Å². The monoisotopic (exact) mass is 301 g/mol. The van der Waals surface area contributed by atoms with Crippen LogP contribution in [0, 0.1) is 6.92 Å². The Morgan fingerprint density at radius 1 is 1.20 bits per heavy atom. The van der Waals surface area contributed by atoms with Gasteiger partial charge in [-0.3, -0.25) is 0 Å². The minimum Gasteiger partial charge on any atom is -0.222 e. The quantitative estimate of drug-likeness (QED) is 0.506. The van der Waals surface area contributed by atoms with Crippen molar-refractivity contribution in [1.82, 2.24) is 25.0 Å². The second kappa shape index (κ2) is 4.22. The van der Waals surface area contributed by atoms with E-state index < -0.39 is 0 Å². The van der Waals surface area contributed by atoms with E-state index in [4.69, 9.17) is 11.6 Å². The van der Waals surface area contributed by atoms with Gasteiger partial charge in [-0.2, -0.15) is 0 Å². The van der Waals surface area contributed by atoms with E-state index in [0.29, 0.717) is 11.0 Å². The van der Waals surface area contributed by atoms with Gasteiger partial charge in [0.05, 0.1) is 10.9 Å². The third-order valence-electron chi connectivity index (χ3n) is 3.01. The fourth-order valence-electron chi connectivity index (χ4n) is 2.11. The van der Waals surface area contributed by atoms with Gasteiger partial charge in [0.15, 0.2) is 0 Å². The molecule has 98 valence electrons. The largest absolute Gasteiger partial charge is 0.222 e. The summed E-state index contributed by atoms with van der Waals surface area (Å²) in [6.07, 6.45) is 0. The maximum Gasteiger partial charge on any atom is 0.141 e. The summed E-state index contributed by atoms with van der Waals surface area (Å²) in [6, 6.07) is 9.77. The lowest BCUT2D eigenvalue weighted by Gasteiger charge is -1.95. The first-order chi connectivity index (χ1) is 9.72. The number of para-hydroxylation sites is 1. The average molecular weight is 302 g/mol. The first kappa shape index (κ1) is 11.7. The molecule has 4 aromatic rings. The summed E-state index contributed by atoms with van der Waals surface area (Å²) in [5, 5.41) is 10.6. The van der Waals surface area contributed by atoms with Gasteiger partial charge in [0.1, 0.15) is 26.3 Å². The van der Waals surface area contributed by atoms with Gasteiger partial charge in [-0.1, -0.05) is 40.3 Å². The van der Waals surface area contributed by atoms with E-state index in [1.165, 1.54) is 11.3 Å². The molecule has 0 saturated heterocycles. The molecular weight excluding hydrogens is 294 g/mol. The summed E-state index contributed by atoms with van der Waals surface area (Å²) >= 11 is 7.69. The van der Waals surface area contributed by atoms with Gasteiger partial charge in [-0.05, 0) is 25.1 Å². The van der Waals surface area contributed by atoms with E-state index in [-0.39, 0.29) is 0 Å². The van der Waals surface area contributed by atoms with Crippen LogP contribution in [0.1, 0.15) is 5.82 Å². The number of hydrogen-bond acceptors (Lipinski definition) is 5. The van der Waals surface area contributed by atoms with E-state index in [2.05, 4.69) is 20.3 Å². The Morgan fingerprint density at radius 3 is 2.95 bits per heavy atom. The van der Waals surface area contributed by atoms with Gasteiger partial charge in [0, 0.05) is 0 Å². The van der Waals surface area contributed by atoms with Crippen LogP contribution in [0.25, 0.3) is 26.3 Å². The molecule has 5 nitrogen and oxygen atoms in total. The van der Waals surface area contributed by atoms with Crippen LogP contribution in [0.2, 0.25) is 5.15 Å². The highest BCUT2D eigenvalue weighted by atomic mass is 35.5. The van der Waals surface area contributed by atoms with Gasteiger partial charge in [-0.15, -0.1) is 5.10 Å². The highest BCUT2D eigenvalue weighted by Crippen LogP contribution is 2.31. The topological polar surface area (TPSA) is 56.5 Å². The second-order valence-electron chi connectivity index (χ2n) is 4.36. The van der Waals surface area contributed by atoms with Crippen molar-refractivity contribution < 1.29 is 0 Å². The number of aromatic nitrogens is 5. The van der Waals surface area contributed by atoms with Crippen LogP contribution in [-0.2, 0) is 0 Å². The predicted molar refractivity (Wildman–Crippen MR) is 79.6 cm³/mol. The van der Waals surface area contributed by atoms with Crippen LogP contribution in [0.3, 0.4) is 0 Å². The molecule has 3 aromatic heterocycles. The zero-order valence-electron chi connectivity index (χ0n) is 10.4. The summed E-state index contributed by atoms with van der Waals surface area (Å²) in [5.74, 6) is 0.666. The van der Waals surface area contributed by atoms with Crippen molar-refractivity contribution in [1.29, 1.82) is 0 Å².